The second kappa shape index (κ2) is 11.4. The first-order valence-corrected chi connectivity index (χ1v) is 16.3. The summed E-state index contributed by atoms with van der Waals surface area (Å²) in [5.74, 6) is 0. The van der Waals surface area contributed by atoms with Gasteiger partial charge in [-0.15, -0.1) is 0 Å². The molecule has 9 aromatic rings. The highest BCUT2D eigenvalue weighted by atomic mass is 15.0. The Morgan fingerprint density at radius 1 is 0.420 bits per heavy atom. The predicted molar refractivity (Wildman–Crippen MR) is 200 cm³/mol. The first kappa shape index (κ1) is 28.8. The SMILES string of the molecule is N#Cc1ccc2c(c1)c1ccccc1n2-c1ccc(-c2ccc(C#N)c(-c3ccccc3-n3c4ccccc4c4ccccc43)c2C#N)cc1. The number of fused-ring (bicyclic) bond motifs is 6. The lowest BCUT2D eigenvalue weighted by molar-refractivity contribution is 1.18. The van der Waals surface area contributed by atoms with Crippen molar-refractivity contribution < 1.29 is 0 Å². The molecule has 230 valence electrons. The lowest BCUT2D eigenvalue weighted by Gasteiger charge is -2.18. The van der Waals surface area contributed by atoms with Gasteiger partial charge in [-0.1, -0.05) is 91.0 Å². The molecule has 9 rings (SSSR count). The number of nitrogens with zero attached hydrogens (tertiary/aromatic N) is 5. The van der Waals surface area contributed by atoms with Gasteiger partial charge < -0.3 is 9.13 Å². The number of nitriles is 3. The van der Waals surface area contributed by atoms with E-state index in [0.29, 0.717) is 22.3 Å². The molecule has 0 aliphatic rings. The summed E-state index contributed by atoms with van der Waals surface area (Å²) in [5, 5.41) is 35.1. The molecule has 0 saturated carbocycles. The Kier molecular flexibility index (Phi) is 6.56. The van der Waals surface area contributed by atoms with Crippen molar-refractivity contribution in [1.82, 2.24) is 9.13 Å². The van der Waals surface area contributed by atoms with Crippen LogP contribution in [0.2, 0.25) is 0 Å². The summed E-state index contributed by atoms with van der Waals surface area (Å²) in [6, 6.07) is 57.7. The Labute approximate surface area is 287 Å². The second-order valence-electron chi connectivity index (χ2n) is 12.3. The highest BCUT2D eigenvalue weighted by Gasteiger charge is 2.22. The molecule has 0 bridgehead atoms. The van der Waals surface area contributed by atoms with E-state index >= 15 is 0 Å². The summed E-state index contributed by atoms with van der Waals surface area (Å²) in [5.41, 5.74) is 10.6. The molecule has 50 heavy (non-hydrogen) atoms. The van der Waals surface area contributed by atoms with Crippen molar-refractivity contribution >= 4 is 43.6 Å². The van der Waals surface area contributed by atoms with Crippen molar-refractivity contribution in [1.29, 1.82) is 15.8 Å². The van der Waals surface area contributed by atoms with Gasteiger partial charge in [0.15, 0.2) is 0 Å². The van der Waals surface area contributed by atoms with Crippen LogP contribution in [0.4, 0.5) is 0 Å². The lowest BCUT2D eigenvalue weighted by atomic mass is 9.88. The first-order chi connectivity index (χ1) is 24.7. The van der Waals surface area contributed by atoms with Crippen molar-refractivity contribution in [2.75, 3.05) is 0 Å². The molecule has 7 aromatic carbocycles. The van der Waals surface area contributed by atoms with Crippen LogP contribution in [0.25, 0.3) is 77.2 Å². The molecule has 2 aromatic heterocycles. The molecule has 0 unspecified atom stereocenters. The van der Waals surface area contributed by atoms with Gasteiger partial charge in [0.25, 0.3) is 0 Å². The third kappa shape index (κ3) is 4.24. The van der Waals surface area contributed by atoms with Crippen molar-refractivity contribution in [3.05, 3.63) is 168 Å². The zero-order chi connectivity index (χ0) is 33.8. The summed E-state index contributed by atoms with van der Waals surface area (Å²) in [6.07, 6.45) is 0. The van der Waals surface area contributed by atoms with Crippen LogP contribution < -0.4 is 0 Å². The molecular weight excluding hydrogens is 611 g/mol. The van der Waals surface area contributed by atoms with Gasteiger partial charge in [0.1, 0.15) is 6.07 Å². The summed E-state index contributed by atoms with van der Waals surface area (Å²) >= 11 is 0. The van der Waals surface area contributed by atoms with Crippen LogP contribution in [-0.4, -0.2) is 9.13 Å². The maximum Gasteiger partial charge on any atom is 0.100 e. The van der Waals surface area contributed by atoms with Crippen LogP contribution in [0.1, 0.15) is 16.7 Å². The number of rotatable bonds is 4. The van der Waals surface area contributed by atoms with Gasteiger partial charge in [0.05, 0.1) is 56.6 Å². The van der Waals surface area contributed by atoms with Crippen LogP contribution in [0, 0.1) is 34.0 Å². The highest BCUT2D eigenvalue weighted by Crippen LogP contribution is 2.41. The Hall–Kier alpha value is -7.39. The average Bonchev–Trinajstić information content (AvgIpc) is 3.70. The largest absolute Gasteiger partial charge is 0.309 e. The maximum atomic E-state index is 10.8. The normalized spacial score (nSPS) is 11.1. The maximum absolute atomic E-state index is 10.8. The molecule has 0 amide bonds. The monoisotopic (exact) mass is 635 g/mol. The first-order valence-electron chi connectivity index (χ1n) is 16.3. The van der Waals surface area contributed by atoms with Crippen LogP contribution in [0.3, 0.4) is 0 Å². The fraction of sp³-hybridized carbons (Fsp3) is 0. The van der Waals surface area contributed by atoms with Gasteiger partial charge in [0, 0.05) is 43.9 Å². The van der Waals surface area contributed by atoms with E-state index in [-0.39, 0.29) is 0 Å². The Morgan fingerprint density at radius 2 is 1.00 bits per heavy atom. The van der Waals surface area contributed by atoms with Gasteiger partial charge in [-0.3, -0.25) is 0 Å². The molecule has 2 heterocycles. The highest BCUT2D eigenvalue weighted by molar-refractivity contribution is 6.11. The van der Waals surface area contributed by atoms with Gasteiger partial charge in [0.2, 0.25) is 0 Å². The van der Waals surface area contributed by atoms with E-state index < -0.39 is 0 Å². The fourth-order valence-electron chi connectivity index (χ4n) is 7.51. The molecule has 0 radical (unpaired) electrons. The minimum Gasteiger partial charge on any atom is -0.309 e. The van der Waals surface area contributed by atoms with Gasteiger partial charge in [-0.2, -0.15) is 15.8 Å². The molecule has 0 saturated heterocycles. The molecular formula is C45H25N5. The average molecular weight is 636 g/mol. The summed E-state index contributed by atoms with van der Waals surface area (Å²) in [7, 11) is 0. The van der Waals surface area contributed by atoms with Crippen LogP contribution in [-0.2, 0) is 0 Å². The van der Waals surface area contributed by atoms with E-state index in [9.17, 15) is 15.8 Å². The molecule has 5 nitrogen and oxygen atoms in total. The molecule has 0 aliphatic carbocycles. The number of aromatic nitrogens is 2. The molecule has 0 aliphatic heterocycles. The van der Waals surface area contributed by atoms with Crippen molar-refractivity contribution in [2.45, 2.75) is 0 Å². The number of hydrogen-bond acceptors (Lipinski definition) is 3. The minimum atomic E-state index is 0.442. The third-order valence-electron chi connectivity index (χ3n) is 9.67. The van der Waals surface area contributed by atoms with Crippen LogP contribution >= 0.6 is 0 Å². The molecule has 0 N–H and O–H groups in total. The zero-order valence-electron chi connectivity index (χ0n) is 26.7. The standard InChI is InChI=1S/C45H25N5/c46-26-29-17-24-44-38(25-29)36-11-3-5-13-40(36)49(44)32-21-18-30(19-22-32)33-23-20-31(27-47)45(39(33)28-48)37-12-4-8-16-43(37)50-41-14-6-1-9-34(41)35-10-2-7-15-42(35)50/h1-25H. The quantitative estimate of drug-likeness (QED) is 0.193. The van der Waals surface area contributed by atoms with Gasteiger partial charge in [-0.25, -0.2) is 0 Å². The van der Waals surface area contributed by atoms with E-state index in [4.69, 9.17) is 0 Å². The number of hydrogen-bond donors (Lipinski definition) is 0. The summed E-state index contributed by atoms with van der Waals surface area (Å²) in [4.78, 5) is 0. The van der Waals surface area contributed by atoms with Crippen molar-refractivity contribution in [3.63, 3.8) is 0 Å². The van der Waals surface area contributed by atoms with E-state index in [1.807, 2.05) is 97.1 Å². The van der Waals surface area contributed by atoms with E-state index in [1.54, 1.807) is 0 Å². The predicted octanol–water partition coefficient (Wildman–Crippen LogP) is 10.8. The Bertz CT molecular complexity index is 2900. The van der Waals surface area contributed by atoms with Crippen LogP contribution in [0.15, 0.2) is 152 Å². The van der Waals surface area contributed by atoms with E-state index in [2.05, 4.69) is 81.9 Å². The molecule has 0 atom stereocenters. The minimum absolute atomic E-state index is 0.442. The second-order valence-corrected chi connectivity index (χ2v) is 12.3. The van der Waals surface area contributed by atoms with E-state index in [1.165, 1.54) is 0 Å². The Balaban J connectivity index is 1.23. The molecule has 5 heteroatoms. The molecule has 0 fully saturated rings. The van der Waals surface area contributed by atoms with Gasteiger partial charge >= 0.3 is 0 Å². The van der Waals surface area contributed by atoms with Crippen LogP contribution in [0.5, 0.6) is 0 Å². The molecule has 0 spiro atoms. The summed E-state index contributed by atoms with van der Waals surface area (Å²) < 4.78 is 4.43. The van der Waals surface area contributed by atoms with Crippen molar-refractivity contribution in [2.24, 2.45) is 0 Å². The number of para-hydroxylation sites is 4. The van der Waals surface area contributed by atoms with Gasteiger partial charge in [-0.05, 0) is 66.2 Å². The topological polar surface area (TPSA) is 81.2 Å². The van der Waals surface area contributed by atoms with Crippen molar-refractivity contribution in [3.8, 4) is 51.8 Å². The Morgan fingerprint density at radius 3 is 1.64 bits per heavy atom. The fourth-order valence-corrected chi connectivity index (χ4v) is 7.51. The summed E-state index contributed by atoms with van der Waals surface area (Å²) in [6.45, 7) is 0. The smallest absolute Gasteiger partial charge is 0.100 e. The van der Waals surface area contributed by atoms with E-state index in [0.717, 1.165) is 71.7 Å². The number of benzene rings is 7. The zero-order valence-corrected chi connectivity index (χ0v) is 26.7. The third-order valence-corrected chi connectivity index (χ3v) is 9.67. The lowest BCUT2D eigenvalue weighted by Crippen LogP contribution is -2.01.